The quantitative estimate of drug-likeness (QED) is 0.859. The van der Waals surface area contributed by atoms with Crippen LogP contribution < -0.4 is 11.1 Å². The number of nitrogens with zero attached hydrogens (tertiary/aromatic N) is 1. The summed E-state index contributed by atoms with van der Waals surface area (Å²) >= 11 is 0. The standard InChI is InChI=1S/C15H23N3O/c1-9-5-11(6-9)17-14(19)10-7-12(15(2,3)4)18-13(16)8-10/h7-9,11H,5-6H2,1-4H3,(H2,16,18)(H,17,19). The smallest absolute Gasteiger partial charge is 0.251 e. The van der Waals surface area contributed by atoms with Gasteiger partial charge in [0, 0.05) is 22.7 Å². The van der Waals surface area contributed by atoms with Gasteiger partial charge in [-0.1, -0.05) is 27.7 Å². The highest BCUT2D eigenvalue weighted by Crippen LogP contribution is 2.27. The number of anilines is 1. The Balaban J connectivity index is 2.15. The van der Waals surface area contributed by atoms with Crippen molar-refractivity contribution in [2.45, 2.75) is 52.0 Å². The van der Waals surface area contributed by atoms with E-state index >= 15 is 0 Å². The van der Waals surface area contributed by atoms with Gasteiger partial charge in [0.05, 0.1) is 0 Å². The molecule has 0 aromatic carbocycles. The molecule has 104 valence electrons. The van der Waals surface area contributed by atoms with E-state index in [1.165, 1.54) is 0 Å². The predicted molar refractivity (Wildman–Crippen MR) is 77.0 cm³/mol. The fourth-order valence-electron chi connectivity index (χ4n) is 2.36. The minimum Gasteiger partial charge on any atom is -0.384 e. The van der Waals surface area contributed by atoms with Gasteiger partial charge in [-0.15, -0.1) is 0 Å². The molecule has 1 aromatic rings. The zero-order chi connectivity index (χ0) is 14.2. The zero-order valence-electron chi connectivity index (χ0n) is 12.2. The average molecular weight is 261 g/mol. The summed E-state index contributed by atoms with van der Waals surface area (Å²) in [6, 6.07) is 3.80. The van der Waals surface area contributed by atoms with Crippen molar-refractivity contribution in [3.05, 3.63) is 23.4 Å². The SMILES string of the molecule is CC1CC(NC(=O)c2cc(N)nc(C(C)(C)C)c2)C1. The zero-order valence-corrected chi connectivity index (χ0v) is 12.2. The summed E-state index contributed by atoms with van der Waals surface area (Å²) in [5, 5.41) is 3.05. The maximum atomic E-state index is 12.2. The molecule has 1 aliphatic carbocycles. The van der Waals surface area contributed by atoms with Crippen molar-refractivity contribution in [1.29, 1.82) is 0 Å². The van der Waals surface area contributed by atoms with Gasteiger partial charge in [0.2, 0.25) is 0 Å². The molecule has 2 rings (SSSR count). The molecule has 0 bridgehead atoms. The molecule has 0 spiro atoms. The number of aromatic nitrogens is 1. The third kappa shape index (κ3) is 3.25. The van der Waals surface area contributed by atoms with Gasteiger partial charge in [-0.25, -0.2) is 4.98 Å². The second kappa shape index (κ2) is 4.83. The van der Waals surface area contributed by atoms with Crippen LogP contribution in [0.3, 0.4) is 0 Å². The molecule has 3 N–H and O–H groups in total. The van der Waals surface area contributed by atoms with Crippen molar-refractivity contribution < 1.29 is 4.79 Å². The van der Waals surface area contributed by atoms with Crippen LogP contribution in [0.1, 0.15) is 56.6 Å². The molecule has 4 heteroatoms. The van der Waals surface area contributed by atoms with Gasteiger partial charge in [-0.2, -0.15) is 0 Å². The Morgan fingerprint density at radius 1 is 1.37 bits per heavy atom. The largest absolute Gasteiger partial charge is 0.384 e. The number of nitrogens with one attached hydrogen (secondary N) is 1. The molecule has 0 atom stereocenters. The number of nitrogens with two attached hydrogens (primary N) is 1. The molecular formula is C15H23N3O. The Morgan fingerprint density at radius 3 is 2.53 bits per heavy atom. The molecule has 19 heavy (non-hydrogen) atoms. The Hall–Kier alpha value is -1.58. The minimum absolute atomic E-state index is 0.0449. The summed E-state index contributed by atoms with van der Waals surface area (Å²) in [6.45, 7) is 8.38. The van der Waals surface area contributed by atoms with Crippen molar-refractivity contribution in [2.24, 2.45) is 5.92 Å². The van der Waals surface area contributed by atoms with E-state index in [-0.39, 0.29) is 11.3 Å². The Kier molecular flexibility index (Phi) is 3.52. The van der Waals surface area contributed by atoms with Crippen LogP contribution in [0.4, 0.5) is 5.82 Å². The van der Waals surface area contributed by atoms with E-state index in [0.29, 0.717) is 17.4 Å². The van der Waals surface area contributed by atoms with Crippen LogP contribution in [0.5, 0.6) is 0 Å². The maximum Gasteiger partial charge on any atom is 0.251 e. The molecule has 1 amide bonds. The lowest BCUT2D eigenvalue weighted by atomic mass is 9.82. The summed E-state index contributed by atoms with van der Waals surface area (Å²) in [4.78, 5) is 16.5. The number of hydrogen-bond acceptors (Lipinski definition) is 3. The molecule has 4 nitrogen and oxygen atoms in total. The lowest BCUT2D eigenvalue weighted by Crippen LogP contribution is -2.43. The van der Waals surface area contributed by atoms with Crippen LogP contribution in [0.25, 0.3) is 0 Å². The van der Waals surface area contributed by atoms with Gasteiger partial charge >= 0.3 is 0 Å². The van der Waals surface area contributed by atoms with Gasteiger partial charge in [0.25, 0.3) is 5.91 Å². The Morgan fingerprint density at radius 2 is 2.00 bits per heavy atom. The molecule has 0 saturated heterocycles. The van der Waals surface area contributed by atoms with Crippen LogP contribution >= 0.6 is 0 Å². The van der Waals surface area contributed by atoms with Crippen LogP contribution in [0.15, 0.2) is 12.1 Å². The molecule has 0 aliphatic heterocycles. The molecule has 1 saturated carbocycles. The van der Waals surface area contributed by atoms with Crippen molar-refractivity contribution in [1.82, 2.24) is 10.3 Å². The summed E-state index contributed by atoms with van der Waals surface area (Å²) in [5.41, 5.74) is 7.14. The Labute approximate surface area is 114 Å². The van der Waals surface area contributed by atoms with E-state index in [1.54, 1.807) is 6.07 Å². The highest BCUT2D eigenvalue weighted by atomic mass is 16.1. The van der Waals surface area contributed by atoms with Crippen molar-refractivity contribution in [2.75, 3.05) is 5.73 Å². The number of nitrogen functional groups attached to an aromatic ring is 1. The van der Waals surface area contributed by atoms with Crippen LogP contribution in [0, 0.1) is 5.92 Å². The number of carbonyl (C=O) groups is 1. The normalized spacial score (nSPS) is 22.7. The second-order valence-corrected chi connectivity index (χ2v) is 6.66. The molecule has 1 heterocycles. The lowest BCUT2D eigenvalue weighted by molar-refractivity contribution is 0.0896. The highest BCUT2D eigenvalue weighted by Gasteiger charge is 2.27. The fraction of sp³-hybridized carbons (Fsp3) is 0.600. The van der Waals surface area contributed by atoms with Crippen molar-refractivity contribution in [3.63, 3.8) is 0 Å². The number of carbonyl (C=O) groups excluding carboxylic acids is 1. The first-order valence-electron chi connectivity index (χ1n) is 6.84. The number of rotatable bonds is 2. The molecule has 1 aliphatic rings. The van der Waals surface area contributed by atoms with Gasteiger partial charge in [0.1, 0.15) is 5.82 Å². The third-order valence-corrected chi connectivity index (χ3v) is 3.58. The van der Waals surface area contributed by atoms with Crippen LogP contribution in [-0.4, -0.2) is 16.9 Å². The summed E-state index contributed by atoms with van der Waals surface area (Å²) < 4.78 is 0. The summed E-state index contributed by atoms with van der Waals surface area (Å²) in [7, 11) is 0. The number of amides is 1. The lowest BCUT2D eigenvalue weighted by Gasteiger charge is -2.33. The van der Waals surface area contributed by atoms with E-state index in [4.69, 9.17) is 5.73 Å². The molecule has 1 fully saturated rings. The average Bonchev–Trinajstić information content (AvgIpc) is 2.24. The number of pyridine rings is 1. The molecule has 0 unspecified atom stereocenters. The second-order valence-electron chi connectivity index (χ2n) is 6.66. The van der Waals surface area contributed by atoms with Crippen molar-refractivity contribution in [3.8, 4) is 0 Å². The monoisotopic (exact) mass is 261 g/mol. The van der Waals surface area contributed by atoms with E-state index in [0.717, 1.165) is 24.5 Å². The van der Waals surface area contributed by atoms with Gasteiger partial charge in [-0.05, 0) is 30.9 Å². The topological polar surface area (TPSA) is 68.0 Å². The van der Waals surface area contributed by atoms with Gasteiger partial charge in [0.15, 0.2) is 0 Å². The van der Waals surface area contributed by atoms with Gasteiger partial charge in [-0.3, -0.25) is 4.79 Å². The predicted octanol–water partition coefficient (Wildman–Crippen LogP) is 2.49. The van der Waals surface area contributed by atoms with Crippen LogP contribution in [-0.2, 0) is 5.41 Å². The molecule has 0 radical (unpaired) electrons. The summed E-state index contributed by atoms with van der Waals surface area (Å²) in [6.07, 6.45) is 2.14. The van der Waals surface area contributed by atoms with Crippen LogP contribution in [0.2, 0.25) is 0 Å². The van der Waals surface area contributed by atoms with Crippen molar-refractivity contribution >= 4 is 11.7 Å². The first kappa shape index (κ1) is 13.8. The van der Waals surface area contributed by atoms with Gasteiger partial charge < -0.3 is 11.1 Å². The third-order valence-electron chi connectivity index (χ3n) is 3.58. The summed E-state index contributed by atoms with van der Waals surface area (Å²) in [5.74, 6) is 1.08. The van der Waals surface area contributed by atoms with E-state index in [9.17, 15) is 4.79 Å². The first-order chi connectivity index (χ1) is 8.75. The molecule has 1 aromatic heterocycles. The minimum atomic E-state index is -0.116. The molecular weight excluding hydrogens is 238 g/mol. The van der Waals surface area contributed by atoms with E-state index in [1.807, 2.05) is 6.07 Å². The highest BCUT2D eigenvalue weighted by molar-refractivity contribution is 5.95. The first-order valence-corrected chi connectivity index (χ1v) is 6.84. The number of hydrogen-bond donors (Lipinski definition) is 2. The van der Waals surface area contributed by atoms with E-state index in [2.05, 4.69) is 38.0 Å². The Bertz CT molecular complexity index is 485. The fourth-order valence-corrected chi connectivity index (χ4v) is 2.36. The maximum absolute atomic E-state index is 12.2. The van der Waals surface area contributed by atoms with E-state index < -0.39 is 0 Å².